The third-order valence-corrected chi connectivity index (χ3v) is 3.29. The molecule has 98 valence electrons. The number of ether oxygens (including phenoxy) is 1. The highest BCUT2D eigenvalue weighted by Crippen LogP contribution is 2.17. The third kappa shape index (κ3) is 3.23. The summed E-state index contributed by atoms with van der Waals surface area (Å²) in [6, 6.07) is 7.56. The number of hydrogen-bond acceptors (Lipinski definition) is 3. The second-order valence-corrected chi connectivity index (χ2v) is 4.70. The maximum atomic E-state index is 11.0. The van der Waals surface area contributed by atoms with Gasteiger partial charge in [0.1, 0.15) is 18.4 Å². The van der Waals surface area contributed by atoms with Gasteiger partial charge in [-0.2, -0.15) is 0 Å². The van der Waals surface area contributed by atoms with Crippen LogP contribution in [0.2, 0.25) is 0 Å². The summed E-state index contributed by atoms with van der Waals surface area (Å²) in [7, 11) is 0. The second kappa shape index (κ2) is 5.87. The predicted octanol–water partition coefficient (Wildman–Crippen LogP) is 1.92. The molecule has 0 radical (unpaired) electrons. The lowest BCUT2D eigenvalue weighted by molar-refractivity contribution is -0.142. The molecule has 1 atom stereocenters. The molecule has 1 aromatic carbocycles. The van der Waals surface area contributed by atoms with Gasteiger partial charge < -0.3 is 9.84 Å². The van der Waals surface area contributed by atoms with E-state index < -0.39 is 5.97 Å². The lowest BCUT2D eigenvalue weighted by atomic mass is 10.2. The van der Waals surface area contributed by atoms with Crippen LogP contribution in [-0.4, -0.2) is 41.7 Å². The second-order valence-electron chi connectivity index (χ2n) is 4.70. The van der Waals surface area contributed by atoms with Gasteiger partial charge in [0.25, 0.3) is 0 Å². The van der Waals surface area contributed by atoms with E-state index in [1.165, 1.54) is 0 Å². The molecule has 4 nitrogen and oxygen atoms in total. The molecular formula is C14H19NO3. The van der Waals surface area contributed by atoms with E-state index >= 15 is 0 Å². The van der Waals surface area contributed by atoms with Crippen LogP contribution in [0.25, 0.3) is 0 Å². The Morgan fingerprint density at radius 1 is 1.56 bits per heavy atom. The molecule has 0 bridgehead atoms. The Bertz CT molecular complexity index is 419. The summed E-state index contributed by atoms with van der Waals surface area (Å²) in [6.45, 7) is 4.08. The van der Waals surface area contributed by atoms with E-state index in [1.807, 2.05) is 36.1 Å². The van der Waals surface area contributed by atoms with Gasteiger partial charge in [0.05, 0.1) is 0 Å². The number of likely N-dealkylation sites (tertiary alicyclic amines) is 1. The minimum Gasteiger partial charge on any atom is -0.492 e. The van der Waals surface area contributed by atoms with Gasteiger partial charge in [-0.25, -0.2) is 0 Å². The van der Waals surface area contributed by atoms with Crippen molar-refractivity contribution in [1.29, 1.82) is 0 Å². The fourth-order valence-corrected chi connectivity index (χ4v) is 2.36. The molecule has 0 saturated carbocycles. The molecule has 1 aliphatic heterocycles. The first-order chi connectivity index (χ1) is 8.66. The van der Waals surface area contributed by atoms with Gasteiger partial charge >= 0.3 is 5.97 Å². The number of carboxylic acids is 1. The van der Waals surface area contributed by atoms with Gasteiger partial charge in [-0.3, -0.25) is 9.69 Å². The molecule has 0 spiro atoms. The Kier molecular flexibility index (Phi) is 4.20. The quantitative estimate of drug-likeness (QED) is 0.866. The van der Waals surface area contributed by atoms with Crippen molar-refractivity contribution in [2.24, 2.45) is 0 Å². The molecule has 4 heteroatoms. The van der Waals surface area contributed by atoms with E-state index in [1.54, 1.807) is 0 Å². The fraction of sp³-hybridized carbons (Fsp3) is 0.500. The molecule has 0 amide bonds. The zero-order valence-corrected chi connectivity index (χ0v) is 10.6. The van der Waals surface area contributed by atoms with Crippen molar-refractivity contribution in [1.82, 2.24) is 4.90 Å². The van der Waals surface area contributed by atoms with Crippen molar-refractivity contribution in [3.05, 3.63) is 29.8 Å². The smallest absolute Gasteiger partial charge is 0.320 e. The average molecular weight is 249 g/mol. The highest BCUT2D eigenvalue weighted by atomic mass is 16.5. The predicted molar refractivity (Wildman–Crippen MR) is 68.9 cm³/mol. The minimum atomic E-state index is -0.719. The van der Waals surface area contributed by atoms with Crippen LogP contribution in [-0.2, 0) is 4.79 Å². The molecule has 0 aromatic heterocycles. The molecule has 1 fully saturated rings. The number of rotatable bonds is 5. The van der Waals surface area contributed by atoms with E-state index in [0.717, 1.165) is 30.7 Å². The first kappa shape index (κ1) is 12.9. The van der Waals surface area contributed by atoms with Crippen LogP contribution in [0.1, 0.15) is 18.4 Å². The highest BCUT2D eigenvalue weighted by Gasteiger charge is 2.29. The Hall–Kier alpha value is -1.55. The summed E-state index contributed by atoms with van der Waals surface area (Å²) < 4.78 is 5.64. The van der Waals surface area contributed by atoms with Crippen LogP contribution < -0.4 is 4.74 Å². The standard InChI is InChI=1S/C14H19NO3/c1-11-4-2-5-12(10-11)18-9-8-15-7-3-6-13(15)14(16)17/h2,4-5,10,13H,3,6-9H2,1H3,(H,16,17). The number of hydrogen-bond donors (Lipinski definition) is 1. The Labute approximate surface area is 107 Å². The first-order valence-electron chi connectivity index (χ1n) is 6.33. The van der Waals surface area contributed by atoms with E-state index in [0.29, 0.717) is 13.2 Å². The Morgan fingerprint density at radius 2 is 2.39 bits per heavy atom. The number of nitrogens with zero attached hydrogens (tertiary/aromatic N) is 1. The van der Waals surface area contributed by atoms with Gasteiger partial charge in [0.2, 0.25) is 0 Å². The van der Waals surface area contributed by atoms with Gasteiger partial charge in [-0.1, -0.05) is 12.1 Å². The molecule has 0 aliphatic carbocycles. The monoisotopic (exact) mass is 249 g/mol. The van der Waals surface area contributed by atoms with E-state index in [4.69, 9.17) is 9.84 Å². The normalized spacial score (nSPS) is 19.9. The number of benzene rings is 1. The largest absolute Gasteiger partial charge is 0.492 e. The van der Waals surface area contributed by atoms with Crippen LogP contribution >= 0.6 is 0 Å². The first-order valence-corrected chi connectivity index (χ1v) is 6.33. The molecule has 18 heavy (non-hydrogen) atoms. The molecule has 1 N–H and O–H groups in total. The topological polar surface area (TPSA) is 49.8 Å². The number of carbonyl (C=O) groups is 1. The molecular weight excluding hydrogens is 230 g/mol. The summed E-state index contributed by atoms with van der Waals surface area (Å²) in [5.74, 6) is 0.129. The van der Waals surface area contributed by atoms with Crippen LogP contribution in [0.15, 0.2) is 24.3 Å². The minimum absolute atomic E-state index is 0.328. The summed E-state index contributed by atoms with van der Waals surface area (Å²) in [5, 5.41) is 9.05. The van der Waals surface area contributed by atoms with Crippen molar-refractivity contribution in [3.8, 4) is 5.75 Å². The summed E-state index contributed by atoms with van der Waals surface area (Å²) in [4.78, 5) is 13.0. The maximum Gasteiger partial charge on any atom is 0.320 e. The summed E-state index contributed by atoms with van der Waals surface area (Å²) in [5.41, 5.74) is 1.16. The van der Waals surface area contributed by atoms with Gasteiger partial charge in [-0.05, 0) is 44.0 Å². The van der Waals surface area contributed by atoms with Crippen molar-refractivity contribution in [2.45, 2.75) is 25.8 Å². The highest BCUT2D eigenvalue weighted by molar-refractivity contribution is 5.73. The number of aliphatic carboxylic acids is 1. The van der Waals surface area contributed by atoms with Crippen LogP contribution in [0, 0.1) is 6.92 Å². The van der Waals surface area contributed by atoms with Gasteiger partial charge in [0, 0.05) is 6.54 Å². The Balaban J connectivity index is 1.80. The number of aryl methyl sites for hydroxylation is 1. The number of carboxylic acid groups (broad SMARTS) is 1. The van der Waals surface area contributed by atoms with Gasteiger partial charge in [-0.15, -0.1) is 0 Å². The lowest BCUT2D eigenvalue weighted by Crippen LogP contribution is -2.38. The fourth-order valence-electron chi connectivity index (χ4n) is 2.36. The van der Waals surface area contributed by atoms with E-state index in [2.05, 4.69) is 0 Å². The van der Waals surface area contributed by atoms with Crippen molar-refractivity contribution in [3.63, 3.8) is 0 Å². The maximum absolute atomic E-state index is 11.0. The molecule has 2 rings (SSSR count). The average Bonchev–Trinajstić information content (AvgIpc) is 2.77. The molecule has 1 heterocycles. The zero-order chi connectivity index (χ0) is 13.0. The molecule has 1 unspecified atom stereocenters. The van der Waals surface area contributed by atoms with Crippen molar-refractivity contribution in [2.75, 3.05) is 19.7 Å². The zero-order valence-electron chi connectivity index (χ0n) is 10.6. The van der Waals surface area contributed by atoms with Gasteiger partial charge in [0.15, 0.2) is 0 Å². The van der Waals surface area contributed by atoms with Crippen LogP contribution in [0.5, 0.6) is 5.75 Å². The van der Waals surface area contributed by atoms with E-state index in [-0.39, 0.29) is 6.04 Å². The van der Waals surface area contributed by atoms with Crippen molar-refractivity contribution < 1.29 is 14.6 Å². The molecule has 1 saturated heterocycles. The molecule has 1 aromatic rings. The lowest BCUT2D eigenvalue weighted by Gasteiger charge is -2.20. The van der Waals surface area contributed by atoms with Crippen molar-refractivity contribution >= 4 is 5.97 Å². The Morgan fingerprint density at radius 3 is 3.11 bits per heavy atom. The van der Waals surface area contributed by atoms with Crippen LogP contribution in [0.3, 0.4) is 0 Å². The SMILES string of the molecule is Cc1cccc(OCCN2CCCC2C(=O)O)c1. The summed E-state index contributed by atoms with van der Waals surface area (Å²) in [6.07, 6.45) is 1.71. The van der Waals surface area contributed by atoms with Crippen LogP contribution in [0.4, 0.5) is 0 Å². The third-order valence-electron chi connectivity index (χ3n) is 3.29. The molecule has 1 aliphatic rings. The van der Waals surface area contributed by atoms with E-state index in [9.17, 15) is 4.79 Å². The summed E-state index contributed by atoms with van der Waals surface area (Å²) >= 11 is 0.